The highest BCUT2D eigenvalue weighted by Gasteiger charge is 2.18. The monoisotopic (exact) mass is 332 g/mol. The van der Waals surface area contributed by atoms with Gasteiger partial charge in [0.2, 0.25) is 0 Å². The Morgan fingerprint density at radius 1 is 1.05 bits per heavy atom. The largest absolute Gasteiger partial charge is 0.434 e. The lowest BCUT2D eigenvalue weighted by molar-refractivity contribution is -0.0515. The van der Waals surface area contributed by atoms with Crippen LogP contribution in [0.1, 0.15) is 17.2 Å². The Morgan fingerprint density at radius 3 is 2.48 bits per heavy atom. The first kappa shape index (κ1) is 16.0. The molecule has 6 heteroatoms. The molecule has 0 bridgehead atoms. The first-order chi connectivity index (χ1) is 9.99. The van der Waals surface area contributed by atoms with Crippen molar-refractivity contribution in [3.8, 4) is 5.75 Å². The van der Waals surface area contributed by atoms with Crippen molar-refractivity contribution in [2.75, 3.05) is 0 Å². The van der Waals surface area contributed by atoms with Gasteiger partial charge in [-0.2, -0.15) is 8.78 Å². The topological polar surface area (TPSA) is 29.5 Å². The second-order valence-electron chi connectivity index (χ2n) is 4.35. The Labute approximate surface area is 130 Å². The predicted octanol–water partition coefficient (Wildman–Crippen LogP) is 4.87. The normalized spacial score (nSPS) is 12.5. The zero-order chi connectivity index (χ0) is 15.4. The molecule has 0 amide bonds. The maximum Gasteiger partial charge on any atom is 0.387 e. The second kappa shape index (κ2) is 7.07. The Balaban J connectivity index is 2.24. The molecule has 0 saturated carbocycles. The predicted molar refractivity (Wildman–Crippen MR) is 78.2 cm³/mol. The van der Waals surface area contributed by atoms with Gasteiger partial charge >= 0.3 is 6.61 Å². The summed E-state index contributed by atoms with van der Waals surface area (Å²) in [5.74, 6) is -0.0573. The number of aliphatic hydroxyl groups is 1. The summed E-state index contributed by atoms with van der Waals surface area (Å²) in [6, 6.07) is 11.2. The molecule has 0 heterocycles. The number of alkyl halides is 2. The molecule has 0 fully saturated rings. The van der Waals surface area contributed by atoms with Gasteiger partial charge in [-0.25, -0.2) is 0 Å². The lowest BCUT2D eigenvalue weighted by Gasteiger charge is -2.16. The fraction of sp³-hybridized carbons (Fsp3) is 0.200. The van der Waals surface area contributed by atoms with Crippen molar-refractivity contribution in [2.45, 2.75) is 19.1 Å². The minimum Gasteiger partial charge on any atom is -0.434 e. The number of rotatable bonds is 5. The number of hydrogen-bond donors (Lipinski definition) is 1. The van der Waals surface area contributed by atoms with Crippen LogP contribution in [0.3, 0.4) is 0 Å². The van der Waals surface area contributed by atoms with Gasteiger partial charge in [0.15, 0.2) is 0 Å². The summed E-state index contributed by atoms with van der Waals surface area (Å²) in [6.07, 6.45) is -0.890. The molecular weight excluding hydrogens is 321 g/mol. The maximum atomic E-state index is 12.4. The van der Waals surface area contributed by atoms with Crippen LogP contribution in [0.5, 0.6) is 5.75 Å². The highest BCUT2D eigenvalue weighted by atomic mass is 35.5. The standard InChI is InChI=1S/C15H12Cl2F2O2/c16-11-6-3-4-9(14(11)17)8-12(20)10-5-1-2-7-13(10)21-15(18)19/h1-7,12,15,20H,8H2. The third kappa shape index (κ3) is 4.06. The zero-order valence-corrected chi connectivity index (χ0v) is 12.3. The van der Waals surface area contributed by atoms with Crippen LogP contribution < -0.4 is 4.74 Å². The molecule has 0 aliphatic heterocycles. The summed E-state index contributed by atoms with van der Waals surface area (Å²) < 4.78 is 29.1. The van der Waals surface area contributed by atoms with Gasteiger partial charge in [0.1, 0.15) is 5.75 Å². The smallest absolute Gasteiger partial charge is 0.387 e. The number of halogens is 4. The van der Waals surface area contributed by atoms with Crippen LogP contribution in [0.15, 0.2) is 42.5 Å². The van der Waals surface area contributed by atoms with E-state index in [1.807, 2.05) is 0 Å². The fourth-order valence-electron chi connectivity index (χ4n) is 1.98. The molecule has 2 rings (SSSR count). The Bertz CT molecular complexity index is 620. The number of benzene rings is 2. The molecule has 2 nitrogen and oxygen atoms in total. The summed E-state index contributed by atoms with van der Waals surface area (Å²) in [4.78, 5) is 0. The quantitative estimate of drug-likeness (QED) is 0.846. The van der Waals surface area contributed by atoms with Crippen molar-refractivity contribution in [2.24, 2.45) is 0 Å². The first-order valence-electron chi connectivity index (χ1n) is 6.13. The van der Waals surface area contributed by atoms with E-state index in [4.69, 9.17) is 23.2 Å². The molecule has 0 radical (unpaired) electrons. The maximum absolute atomic E-state index is 12.4. The number of ether oxygens (including phenoxy) is 1. The van der Waals surface area contributed by atoms with Crippen LogP contribution in [-0.2, 0) is 6.42 Å². The third-order valence-electron chi connectivity index (χ3n) is 2.94. The Hall–Kier alpha value is -1.36. The highest BCUT2D eigenvalue weighted by molar-refractivity contribution is 6.42. The average molecular weight is 333 g/mol. The third-order valence-corrected chi connectivity index (χ3v) is 3.80. The van der Waals surface area contributed by atoms with Gasteiger partial charge in [-0.05, 0) is 17.7 Å². The van der Waals surface area contributed by atoms with E-state index in [1.54, 1.807) is 30.3 Å². The molecule has 1 N–H and O–H groups in total. The molecule has 112 valence electrons. The molecule has 0 spiro atoms. The van der Waals surface area contributed by atoms with Crippen molar-refractivity contribution in [1.29, 1.82) is 0 Å². The van der Waals surface area contributed by atoms with Crippen LogP contribution in [-0.4, -0.2) is 11.7 Å². The summed E-state index contributed by atoms with van der Waals surface area (Å²) in [6.45, 7) is -2.95. The van der Waals surface area contributed by atoms with E-state index in [0.29, 0.717) is 15.6 Å². The molecule has 0 aliphatic rings. The van der Waals surface area contributed by atoms with Crippen molar-refractivity contribution in [3.63, 3.8) is 0 Å². The summed E-state index contributed by atoms with van der Waals surface area (Å²) in [5, 5.41) is 11.0. The van der Waals surface area contributed by atoms with Gasteiger partial charge in [-0.3, -0.25) is 0 Å². The number of hydrogen-bond acceptors (Lipinski definition) is 2. The first-order valence-corrected chi connectivity index (χ1v) is 6.89. The Kier molecular flexibility index (Phi) is 5.39. The fourth-order valence-corrected chi connectivity index (χ4v) is 2.38. The Morgan fingerprint density at radius 2 is 1.76 bits per heavy atom. The van der Waals surface area contributed by atoms with Crippen LogP contribution in [0.4, 0.5) is 8.78 Å². The summed E-state index contributed by atoms with van der Waals surface area (Å²) in [5.41, 5.74) is 0.900. The van der Waals surface area contributed by atoms with E-state index in [9.17, 15) is 13.9 Å². The SMILES string of the molecule is OC(Cc1cccc(Cl)c1Cl)c1ccccc1OC(F)F. The zero-order valence-electron chi connectivity index (χ0n) is 10.8. The molecule has 1 unspecified atom stereocenters. The summed E-state index contributed by atoms with van der Waals surface area (Å²) in [7, 11) is 0. The highest BCUT2D eigenvalue weighted by Crippen LogP contribution is 2.32. The van der Waals surface area contributed by atoms with Gasteiger partial charge in [-0.1, -0.05) is 53.5 Å². The molecule has 0 saturated heterocycles. The molecule has 21 heavy (non-hydrogen) atoms. The lowest BCUT2D eigenvalue weighted by atomic mass is 10.0. The van der Waals surface area contributed by atoms with Crippen molar-refractivity contribution in [3.05, 3.63) is 63.6 Å². The minimum absolute atomic E-state index is 0.0573. The van der Waals surface area contributed by atoms with Gasteiger partial charge < -0.3 is 9.84 Å². The van der Waals surface area contributed by atoms with Crippen LogP contribution in [0.25, 0.3) is 0 Å². The van der Waals surface area contributed by atoms with Crippen molar-refractivity contribution < 1.29 is 18.6 Å². The summed E-state index contributed by atoms with van der Waals surface area (Å²) >= 11 is 12.0. The van der Waals surface area contributed by atoms with Gasteiger partial charge in [0, 0.05) is 12.0 Å². The van der Waals surface area contributed by atoms with Gasteiger partial charge in [0.25, 0.3) is 0 Å². The van der Waals surface area contributed by atoms with Crippen molar-refractivity contribution in [1.82, 2.24) is 0 Å². The second-order valence-corrected chi connectivity index (χ2v) is 5.13. The minimum atomic E-state index is -2.95. The number of aliphatic hydroxyl groups excluding tert-OH is 1. The van der Waals surface area contributed by atoms with Crippen LogP contribution >= 0.6 is 23.2 Å². The van der Waals surface area contributed by atoms with E-state index in [-0.39, 0.29) is 17.7 Å². The average Bonchev–Trinajstić information content (AvgIpc) is 2.44. The van der Waals surface area contributed by atoms with Crippen molar-refractivity contribution >= 4 is 23.2 Å². The molecule has 0 aliphatic carbocycles. The molecule has 1 atom stereocenters. The van der Waals surface area contributed by atoms with Crippen LogP contribution in [0, 0.1) is 0 Å². The van der Waals surface area contributed by atoms with Gasteiger partial charge in [-0.15, -0.1) is 0 Å². The number of para-hydroxylation sites is 1. The molecule has 0 aromatic heterocycles. The molecular formula is C15H12Cl2F2O2. The van der Waals surface area contributed by atoms with E-state index in [1.165, 1.54) is 12.1 Å². The molecule has 2 aromatic carbocycles. The molecule has 2 aromatic rings. The van der Waals surface area contributed by atoms with E-state index < -0.39 is 12.7 Å². The lowest BCUT2D eigenvalue weighted by Crippen LogP contribution is -2.09. The van der Waals surface area contributed by atoms with Gasteiger partial charge in [0.05, 0.1) is 16.1 Å². The van der Waals surface area contributed by atoms with E-state index in [0.717, 1.165) is 0 Å². The van der Waals surface area contributed by atoms with E-state index >= 15 is 0 Å². The van der Waals surface area contributed by atoms with Crippen LogP contribution in [0.2, 0.25) is 10.0 Å². The van der Waals surface area contributed by atoms with E-state index in [2.05, 4.69) is 4.74 Å².